The second-order valence-corrected chi connectivity index (χ2v) is 4.82. The third-order valence-corrected chi connectivity index (χ3v) is 3.12. The number of halogens is 2. The van der Waals surface area contributed by atoms with Gasteiger partial charge in [-0.25, -0.2) is 9.18 Å². The van der Waals surface area contributed by atoms with Crippen molar-refractivity contribution in [2.75, 3.05) is 13.1 Å². The summed E-state index contributed by atoms with van der Waals surface area (Å²) in [7, 11) is 0. The first-order valence-corrected chi connectivity index (χ1v) is 6.39. The van der Waals surface area contributed by atoms with Crippen LogP contribution in [0.1, 0.15) is 24.8 Å². The lowest BCUT2D eigenvalue weighted by atomic mass is 10.1. The molecule has 1 aromatic carbocycles. The Morgan fingerprint density at radius 2 is 2.00 bits per heavy atom. The van der Waals surface area contributed by atoms with Gasteiger partial charge in [-0.1, -0.05) is 11.6 Å². The molecule has 5 heteroatoms. The second kappa shape index (κ2) is 6.05. The Kier molecular flexibility index (Phi) is 4.42. The van der Waals surface area contributed by atoms with Gasteiger partial charge in [0.25, 0.3) is 0 Å². The number of hydrogen-bond acceptors (Lipinski definition) is 2. The zero-order valence-corrected chi connectivity index (χ0v) is 10.8. The molecule has 0 bridgehead atoms. The first-order chi connectivity index (χ1) is 8.65. The summed E-state index contributed by atoms with van der Waals surface area (Å²) < 4.78 is 18.2. The maximum absolute atomic E-state index is 13.1. The minimum Gasteiger partial charge on any atom is -0.445 e. The van der Waals surface area contributed by atoms with Crippen molar-refractivity contribution in [3.05, 3.63) is 34.6 Å². The summed E-state index contributed by atoms with van der Waals surface area (Å²) in [5, 5.41) is 0.305. The Bertz CT molecular complexity index is 413. The van der Waals surface area contributed by atoms with Crippen molar-refractivity contribution in [3.8, 4) is 0 Å². The summed E-state index contributed by atoms with van der Waals surface area (Å²) in [6.07, 6.45) is 2.85. The van der Waals surface area contributed by atoms with E-state index < -0.39 is 5.82 Å². The molecule has 0 N–H and O–H groups in total. The molecule has 1 heterocycles. The molecule has 0 spiro atoms. The van der Waals surface area contributed by atoms with Gasteiger partial charge in [0.05, 0.1) is 0 Å². The van der Waals surface area contributed by atoms with Gasteiger partial charge in [0, 0.05) is 18.1 Å². The zero-order valence-electron chi connectivity index (χ0n) is 9.99. The molecule has 1 aliphatic rings. The van der Waals surface area contributed by atoms with Crippen molar-refractivity contribution in [1.82, 2.24) is 4.90 Å². The first kappa shape index (κ1) is 13.1. The van der Waals surface area contributed by atoms with Crippen molar-refractivity contribution in [3.63, 3.8) is 0 Å². The molecule has 1 aromatic rings. The molecular weight excluding hydrogens is 257 g/mol. The maximum Gasteiger partial charge on any atom is 0.410 e. The fourth-order valence-electron chi connectivity index (χ4n) is 2.01. The van der Waals surface area contributed by atoms with Gasteiger partial charge in [-0.3, -0.25) is 0 Å². The van der Waals surface area contributed by atoms with Crippen molar-refractivity contribution in [2.45, 2.75) is 25.9 Å². The lowest BCUT2D eigenvalue weighted by molar-refractivity contribution is 0.0894. The quantitative estimate of drug-likeness (QED) is 0.822. The molecule has 2 rings (SSSR count). The van der Waals surface area contributed by atoms with Crippen LogP contribution in [0.5, 0.6) is 0 Å². The van der Waals surface area contributed by atoms with E-state index in [-0.39, 0.29) is 12.7 Å². The largest absolute Gasteiger partial charge is 0.445 e. The predicted octanol–water partition coefficient (Wildman–Crippen LogP) is 3.60. The number of piperidine rings is 1. The van der Waals surface area contributed by atoms with Crippen LogP contribution in [0.25, 0.3) is 0 Å². The molecule has 0 saturated carbocycles. The minimum atomic E-state index is -0.425. The Labute approximate surface area is 110 Å². The van der Waals surface area contributed by atoms with Crippen LogP contribution in [0.3, 0.4) is 0 Å². The van der Waals surface area contributed by atoms with Crippen LogP contribution in [-0.2, 0) is 11.3 Å². The maximum atomic E-state index is 13.1. The van der Waals surface area contributed by atoms with Gasteiger partial charge in [-0.2, -0.15) is 0 Å². The molecule has 98 valence electrons. The third-order valence-electron chi connectivity index (χ3n) is 2.90. The smallest absolute Gasteiger partial charge is 0.410 e. The van der Waals surface area contributed by atoms with Gasteiger partial charge in [0.15, 0.2) is 0 Å². The van der Waals surface area contributed by atoms with Gasteiger partial charge in [-0.15, -0.1) is 0 Å². The molecule has 3 nitrogen and oxygen atoms in total. The molecule has 18 heavy (non-hydrogen) atoms. The monoisotopic (exact) mass is 271 g/mol. The fourth-order valence-corrected chi connectivity index (χ4v) is 2.25. The van der Waals surface area contributed by atoms with Crippen LogP contribution in [0.2, 0.25) is 5.02 Å². The van der Waals surface area contributed by atoms with Crippen molar-refractivity contribution < 1.29 is 13.9 Å². The molecule has 0 radical (unpaired) electrons. The van der Waals surface area contributed by atoms with Crippen LogP contribution >= 0.6 is 11.6 Å². The number of likely N-dealkylation sites (tertiary alicyclic amines) is 1. The summed E-state index contributed by atoms with van der Waals surface area (Å²) in [5.74, 6) is -0.425. The van der Waals surface area contributed by atoms with E-state index in [4.69, 9.17) is 16.3 Å². The van der Waals surface area contributed by atoms with E-state index in [0.717, 1.165) is 32.4 Å². The highest BCUT2D eigenvalue weighted by atomic mass is 35.5. The minimum absolute atomic E-state index is 0.0484. The number of rotatable bonds is 2. The highest BCUT2D eigenvalue weighted by molar-refractivity contribution is 6.30. The van der Waals surface area contributed by atoms with Crippen LogP contribution < -0.4 is 0 Å². The zero-order chi connectivity index (χ0) is 13.0. The van der Waals surface area contributed by atoms with E-state index in [2.05, 4.69) is 0 Å². The van der Waals surface area contributed by atoms with Crippen molar-refractivity contribution in [1.29, 1.82) is 0 Å². The number of hydrogen-bond donors (Lipinski definition) is 0. The number of benzene rings is 1. The van der Waals surface area contributed by atoms with E-state index in [1.165, 1.54) is 12.1 Å². The number of carbonyl (C=O) groups excluding carboxylic acids is 1. The molecule has 0 atom stereocenters. The van der Waals surface area contributed by atoms with Gasteiger partial charge in [-0.05, 0) is 43.0 Å². The van der Waals surface area contributed by atoms with E-state index >= 15 is 0 Å². The molecule has 1 amide bonds. The van der Waals surface area contributed by atoms with E-state index in [1.54, 1.807) is 11.0 Å². The normalized spacial score (nSPS) is 15.6. The van der Waals surface area contributed by atoms with Gasteiger partial charge in [0.1, 0.15) is 12.4 Å². The Morgan fingerprint density at radius 1 is 1.28 bits per heavy atom. The Hall–Kier alpha value is -1.29. The Balaban J connectivity index is 1.88. The average molecular weight is 272 g/mol. The van der Waals surface area contributed by atoms with Gasteiger partial charge in [0.2, 0.25) is 0 Å². The number of ether oxygens (including phenoxy) is 1. The number of nitrogens with zero attached hydrogens (tertiary/aromatic N) is 1. The highest BCUT2D eigenvalue weighted by Gasteiger charge is 2.17. The molecule has 0 aromatic heterocycles. The van der Waals surface area contributed by atoms with E-state index in [0.29, 0.717) is 10.6 Å². The fraction of sp³-hybridized carbons (Fsp3) is 0.462. The molecular formula is C13H15ClFNO2. The van der Waals surface area contributed by atoms with Gasteiger partial charge < -0.3 is 9.64 Å². The van der Waals surface area contributed by atoms with E-state index in [9.17, 15) is 9.18 Å². The first-order valence-electron chi connectivity index (χ1n) is 6.02. The molecule has 1 saturated heterocycles. The summed E-state index contributed by atoms with van der Waals surface area (Å²) in [4.78, 5) is 13.4. The summed E-state index contributed by atoms with van der Waals surface area (Å²) in [5.41, 5.74) is 0.561. The van der Waals surface area contributed by atoms with Crippen LogP contribution in [0.4, 0.5) is 9.18 Å². The SMILES string of the molecule is O=C(OCc1cc(F)cc(Cl)c1)N1CCCCC1. The Morgan fingerprint density at radius 3 is 2.67 bits per heavy atom. The van der Waals surface area contributed by atoms with Crippen LogP contribution in [0.15, 0.2) is 18.2 Å². The number of amides is 1. The van der Waals surface area contributed by atoms with E-state index in [1.807, 2.05) is 0 Å². The average Bonchev–Trinajstić information content (AvgIpc) is 2.36. The topological polar surface area (TPSA) is 29.5 Å². The molecule has 0 unspecified atom stereocenters. The van der Waals surface area contributed by atoms with Crippen LogP contribution in [0, 0.1) is 5.82 Å². The number of carbonyl (C=O) groups is 1. The summed E-state index contributed by atoms with van der Waals surface area (Å²) in [6, 6.07) is 4.13. The summed E-state index contributed by atoms with van der Waals surface area (Å²) >= 11 is 5.72. The standard InChI is InChI=1S/C13H15ClFNO2/c14-11-6-10(7-12(15)8-11)9-18-13(17)16-4-2-1-3-5-16/h6-8H,1-5,9H2. The highest BCUT2D eigenvalue weighted by Crippen LogP contribution is 2.16. The van der Waals surface area contributed by atoms with Crippen molar-refractivity contribution >= 4 is 17.7 Å². The third kappa shape index (κ3) is 3.60. The van der Waals surface area contributed by atoms with Crippen LogP contribution in [-0.4, -0.2) is 24.1 Å². The lowest BCUT2D eigenvalue weighted by Crippen LogP contribution is -2.35. The molecule has 1 fully saturated rings. The van der Waals surface area contributed by atoms with Crippen molar-refractivity contribution in [2.24, 2.45) is 0 Å². The second-order valence-electron chi connectivity index (χ2n) is 4.38. The van der Waals surface area contributed by atoms with Gasteiger partial charge >= 0.3 is 6.09 Å². The lowest BCUT2D eigenvalue weighted by Gasteiger charge is -2.25. The molecule has 0 aliphatic carbocycles. The predicted molar refractivity (Wildman–Crippen MR) is 67.0 cm³/mol. The molecule has 1 aliphatic heterocycles. The summed E-state index contributed by atoms with van der Waals surface area (Å²) in [6.45, 7) is 1.53.